The van der Waals surface area contributed by atoms with Crippen LogP contribution in [-0.4, -0.2) is 18.0 Å². The SMILES string of the molecule is O=C(Cc1cccc(Cl)c1F)C1CCOC2(CCC2)C1. The minimum atomic E-state index is -0.465. The van der Waals surface area contributed by atoms with E-state index in [4.69, 9.17) is 16.3 Å². The van der Waals surface area contributed by atoms with Gasteiger partial charge in [0.2, 0.25) is 0 Å². The van der Waals surface area contributed by atoms with Gasteiger partial charge >= 0.3 is 0 Å². The van der Waals surface area contributed by atoms with Gasteiger partial charge in [0.1, 0.15) is 11.6 Å². The molecule has 1 aromatic rings. The largest absolute Gasteiger partial charge is 0.375 e. The molecule has 1 unspecified atom stereocenters. The summed E-state index contributed by atoms with van der Waals surface area (Å²) in [6.45, 7) is 0.647. The number of ether oxygens (including phenoxy) is 1. The topological polar surface area (TPSA) is 26.3 Å². The molecule has 1 spiro atoms. The van der Waals surface area contributed by atoms with Gasteiger partial charge in [-0.1, -0.05) is 23.7 Å². The molecule has 2 aliphatic rings. The molecule has 0 amide bonds. The maximum absolute atomic E-state index is 13.8. The number of hydrogen-bond donors (Lipinski definition) is 0. The first kappa shape index (κ1) is 14.0. The van der Waals surface area contributed by atoms with E-state index in [1.54, 1.807) is 12.1 Å². The highest BCUT2D eigenvalue weighted by molar-refractivity contribution is 6.30. The van der Waals surface area contributed by atoms with E-state index in [1.165, 1.54) is 12.5 Å². The molecule has 2 nitrogen and oxygen atoms in total. The van der Waals surface area contributed by atoms with Crippen molar-refractivity contribution >= 4 is 17.4 Å². The molecule has 3 rings (SSSR count). The van der Waals surface area contributed by atoms with Crippen LogP contribution in [0.4, 0.5) is 4.39 Å². The van der Waals surface area contributed by atoms with Gasteiger partial charge in [0.05, 0.1) is 10.6 Å². The van der Waals surface area contributed by atoms with Gasteiger partial charge in [0, 0.05) is 18.9 Å². The summed E-state index contributed by atoms with van der Waals surface area (Å²) in [5.74, 6) is -0.351. The third-order valence-corrected chi connectivity index (χ3v) is 4.90. The highest BCUT2D eigenvalue weighted by atomic mass is 35.5. The fraction of sp³-hybridized carbons (Fsp3) is 0.562. The number of Topliss-reactive ketones (excluding diaryl/α,β-unsaturated/α-hetero) is 1. The molecule has 108 valence electrons. The van der Waals surface area contributed by atoms with Crippen LogP contribution in [0.2, 0.25) is 5.02 Å². The summed E-state index contributed by atoms with van der Waals surface area (Å²) < 4.78 is 19.7. The smallest absolute Gasteiger partial charge is 0.145 e. The second-order valence-corrected chi connectivity index (χ2v) is 6.34. The van der Waals surface area contributed by atoms with Gasteiger partial charge < -0.3 is 4.74 Å². The van der Waals surface area contributed by atoms with Crippen molar-refractivity contribution in [2.75, 3.05) is 6.61 Å². The van der Waals surface area contributed by atoms with Crippen LogP contribution in [0.5, 0.6) is 0 Å². The van der Waals surface area contributed by atoms with E-state index in [-0.39, 0.29) is 28.7 Å². The number of ketones is 1. The Morgan fingerprint density at radius 1 is 1.45 bits per heavy atom. The van der Waals surface area contributed by atoms with Crippen molar-refractivity contribution in [3.8, 4) is 0 Å². The maximum atomic E-state index is 13.8. The van der Waals surface area contributed by atoms with Crippen molar-refractivity contribution in [2.24, 2.45) is 5.92 Å². The lowest BCUT2D eigenvalue weighted by atomic mass is 9.71. The summed E-state index contributed by atoms with van der Waals surface area (Å²) in [5.41, 5.74) is 0.350. The van der Waals surface area contributed by atoms with Crippen molar-refractivity contribution in [1.82, 2.24) is 0 Å². The second-order valence-electron chi connectivity index (χ2n) is 5.93. The molecule has 1 aliphatic carbocycles. The second kappa shape index (κ2) is 5.45. The van der Waals surface area contributed by atoms with Gasteiger partial charge in [-0.2, -0.15) is 0 Å². The Bertz CT molecular complexity index is 525. The van der Waals surface area contributed by atoms with E-state index < -0.39 is 5.82 Å². The van der Waals surface area contributed by atoms with Crippen molar-refractivity contribution in [3.05, 3.63) is 34.6 Å². The van der Waals surface area contributed by atoms with Crippen LogP contribution in [0.3, 0.4) is 0 Å². The summed E-state index contributed by atoms with van der Waals surface area (Å²) >= 11 is 5.75. The highest BCUT2D eigenvalue weighted by Gasteiger charge is 2.44. The number of benzene rings is 1. The number of halogens is 2. The minimum Gasteiger partial charge on any atom is -0.375 e. The molecular formula is C16H18ClFO2. The fourth-order valence-corrected chi connectivity index (χ4v) is 3.43. The van der Waals surface area contributed by atoms with Crippen molar-refractivity contribution in [3.63, 3.8) is 0 Å². The van der Waals surface area contributed by atoms with E-state index in [0.29, 0.717) is 12.2 Å². The Morgan fingerprint density at radius 3 is 2.95 bits per heavy atom. The standard InChI is InChI=1S/C16H18ClFO2/c17-13-4-1-3-11(15(13)18)9-14(19)12-5-8-20-16(10-12)6-2-7-16/h1,3-4,12H,2,5-10H2. The van der Waals surface area contributed by atoms with Crippen molar-refractivity contribution in [2.45, 2.75) is 44.1 Å². The summed E-state index contributed by atoms with van der Waals surface area (Å²) in [7, 11) is 0. The number of rotatable bonds is 3. The van der Waals surface area contributed by atoms with Crippen LogP contribution in [0.25, 0.3) is 0 Å². The Hall–Kier alpha value is -0.930. The van der Waals surface area contributed by atoms with E-state index in [2.05, 4.69) is 0 Å². The molecule has 1 saturated heterocycles. The molecular weight excluding hydrogens is 279 g/mol. The van der Waals surface area contributed by atoms with Gasteiger partial charge in [-0.25, -0.2) is 4.39 Å². The lowest BCUT2D eigenvalue weighted by molar-refractivity contribution is -0.155. The molecule has 0 N–H and O–H groups in total. The molecule has 1 aromatic carbocycles. The lowest BCUT2D eigenvalue weighted by Gasteiger charge is -2.46. The predicted octanol–water partition coefficient (Wildman–Crippen LogP) is 3.94. The van der Waals surface area contributed by atoms with E-state index in [1.807, 2.05) is 0 Å². The van der Waals surface area contributed by atoms with Crippen LogP contribution in [-0.2, 0) is 16.0 Å². The number of carbonyl (C=O) groups is 1. The van der Waals surface area contributed by atoms with Crippen LogP contribution in [0.15, 0.2) is 18.2 Å². The average Bonchev–Trinajstić information content (AvgIpc) is 2.42. The normalized spacial score (nSPS) is 24.4. The van der Waals surface area contributed by atoms with Gasteiger partial charge in [-0.3, -0.25) is 4.79 Å². The summed E-state index contributed by atoms with van der Waals surface area (Å²) in [4.78, 5) is 12.4. The Labute approximate surface area is 123 Å². The predicted molar refractivity (Wildman–Crippen MR) is 75.4 cm³/mol. The van der Waals surface area contributed by atoms with Gasteiger partial charge in [-0.15, -0.1) is 0 Å². The zero-order valence-corrected chi connectivity index (χ0v) is 12.1. The summed E-state index contributed by atoms with van der Waals surface area (Å²) in [6.07, 6.45) is 4.98. The Kier molecular flexibility index (Phi) is 3.83. The Balaban J connectivity index is 1.68. The van der Waals surface area contributed by atoms with Crippen molar-refractivity contribution in [1.29, 1.82) is 0 Å². The molecule has 20 heavy (non-hydrogen) atoms. The third-order valence-electron chi connectivity index (χ3n) is 4.61. The number of hydrogen-bond acceptors (Lipinski definition) is 2. The first-order valence-corrected chi connectivity index (χ1v) is 7.57. The molecule has 1 atom stereocenters. The summed E-state index contributed by atoms with van der Waals surface area (Å²) in [5, 5.41) is 0.0812. The molecule has 0 aromatic heterocycles. The van der Waals surface area contributed by atoms with E-state index in [0.717, 1.165) is 25.7 Å². The van der Waals surface area contributed by atoms with Crippen LogP contribution in [0, 0.1) is 11.7 Å². The lowest BCUT2D eigenvalue weighted by Crippen LogP contribution is -2.47. The molecule has 1 aliphatic heterocycles. The van der Waals surface area contributed by atoms with Gasteiger partial charge in [-0.05, 0) is 43.7 Å². The highest BCUT2D eigenvalue weighted by Crippen LogP contribution is 2.44. The quantitative estimate of drug-likeness (QED) is 0.844. The first-order valence-electron chi connectivity index (χ1n) is 7.19. The van der Waals surface area contributed by atoms with Crippen molar-refractivity contribution < 1.29 is 13.9 Å². The molecule has 0 radical (unpaired) electrons. The first-order chi connectivity index (χ1) is 9.60. The van der Waals surface area contributed by atoms with E-state index in [9.17, 15) is 9.18 Å². The minimum absolute atomic E-state index is 0.00225. The zero-order chi connectivity index (χ0) is 14.2. The fourth-order valence-electron chi connectivity index (χ4n) is 3.24. The third kappa shape index (κ3) is 2.61. The van der Waals surface area contributed by atoms with Crippen LogP contribution < -0.4 is 0 Å². The molecule has 1 heterocycles. The molecule has 2 fully saturated rings. The monoisotopic (exact) mass is 296 g/mol. The zero-order valence-electron chi connectivity index (χ0n) is 11.3. The summed E-state index contributed by atoms with van der Waals surface area (Å²) in [6, 6.07) is 4.83. The Morgan fingerprint density at radius 2 is 2.25 bits per heavy atom. The van der Waals surface area contributed by atoms with Gasteiger partial charge in [0.25, 0.3) is 0 Å². The molecule has 1 saturated carbocycles. The van der Waals surface area contributed by atoms with Crippen LogP contribution in [0.1, 0.15) is 37.7 Å². The van der Waals surface area contributed by atoms with Crippen LogP contribution >= 0.6 is 11.6 Å². The average molecular weight is 297 g/mol. The maximum Gasteiger partial charge on any atom is 0.145 e. The van der Waals surface area contributed by atoms with E-state index >= 15 is 0 Å². The number of carbonyl (C=O) groups excluding carboxylic acids is 1. The molecule has 0 bridgehead atoms. The molecule has 4 heteroatoms. The van der Waals surface area contributed by atoms with Gasteiger partial charge in [0.15, 0.2) is 0 Å².